The molecule has 0 unspecified atom stereocenters. The molecule has 3 aromatic carbocycles. The molecule has 26 heavy (non-hydrogen) atoms. The zero-order chi connectivity index (χ0) is 18.5. The molecule has 0 radical (unpaired) electrons. The van der Waals surface area contributed by atoms with Gasteiger partial charge in [0.25, 0.3) is 0 Å². The molecule has 3 aromatic rings. The van der Waals surface area contributed by atoms with Crippen molar-refractivity contribution in [3.05, 3.63) is 84.2 Å². The number of anilines is 2. The fourth-order valence-corrected chi connectivity index (χ4v) is 3.10. The van der Waals surface area contributed by atoms with Gasteiger partial charge in [0.1, 0.15) is 0 Å². The second kappa shape index (κ2) is 7.97. The highest BCUT2D eigenvalue weighted by Crippen LogP contribution is 2.33. The van der Waals surface area contributed by atoms with E-state index in [-0.39, 0.29) is 0 Å². The molecule has 3 nitrogen and oxygen atoms in total. The third-order valence-corrected chi connectivity index (χ3v) is 4.47. The van der Waals surface area contributed by atoms with Crippen LogP contribution in [0, 0.1) is 17.5 Å². The highest BCUT2D eigenvalue weighted by molar-refractivity contribution is 7.99. The van der Waals surface area contributed by atoms with Gasteiger partial charge in [0.2, 0.25) is 0 Å². The van der Waals surface area contributed by atoms with Gasteiger partial charge in [-0.25, -0.2) is 18.0 Å². The number of para-hydroxylation sites is 1. The summed E-state index contributed by atoms with van der Waals surface area (Å²) in [4.78, 5) is 13.9. The van der Waals surface area contributed by atoms with Gasteiger partial charge < -0.3 is 10.6 Å². The number of urea groups is 1. The molecule has 2 amide bonds. The Kier molecular flexibility index (Phi) is 5.48. The van der Waals surface area contributed by atoms with Gasteiger partial charge in [0, 0.05) is 9.79 Å². The molecule has 0 aliphatic carbocycles. The minimum absolute atomic E-state index is 0.449. The maximum atomic E-state index is 13.7. The number of benzene rings is 3. The van der Waals surface area contributed by atoms with Crippen LogP contribution in [0.2, 0.25) is 0 Å². The predicted molar refractivity (Wildman–Crippen MR) is 96.0 cm³/mol. The van der Waals surface area contributed by atoms with Crippen molar-refractivity contribution in [2.45, 2.75) is 9.79 Å². The van der Waals surface area contributed by atoms with Gasteiger partial charge >= 0.3 is 6.03 Å². The van der Waals surface area contributed by atoms with Crippen LogP contribution in [-0.2, 0) is 0 Å². The lowest BCUT2D eigenvalue weighted by molar-refractivity contribution is 0.262. The summed E-state index contributed by atoms with van der Waals surface area (Å²) < 4.78 is 39.9. The Morgan fingerprint density at radius 1 is 0.731 bits per heavy atom. The first-order valence-corrected chi connectivity index (χ1v) is 8.39. The minimum Gasteiger partial charge on any atom is -0.307 e. The summed E-state index contributed by atoms with van der Waals surface area (Å²) in [5.41, 5.74) is 0.0523. The number of hydrogen-bond acceptors (Lipinski definition) is 2. The van der Waals surface area contributed by atoms with Crippen LogP contribution >= 0.6 is 11.8 Å². The van der Waals surface area contributed by atoms with Crippen molar-refractivity contribution in [1.82, 2.24) is 0 Å². The highest BCUT2D eigenvalue weighted by atomic mass is 32.2. The Morgan fingerprint density at radius 3 is 2.15 bits per heavy atom. The Morgan fingerprint density at radius 2 is 1.38 bits per heavy atom. The number of nitrogens with one attached hydrogen (secondary N) is 2. The van der Waals surface area contributed by atoms with Crippen LogP contribution in [-0.4, -0.2) is 6.03 Å². The maximum Gasteiger partial charge on any atom is 0.323 e. The largest absolute Gasteiger partial charge is 0.323 e. The highest BCUT2D eigenvalue weighted by Gasteiger charge is 2.16. The number of rotatable bonds is 4. The van der Waals surface area contributed by atoms with Crippen molar-refractivity contribution in [3.63, 3.8) is 0 Å². The Hall–Kier alpha value is -2.93. The van der Waals surface area contributed by atoms with Crippen LogP contribution in [0.25, 0.3) is 0 Å². The molecule has 0 aromatic heterocycles. The van der Waals surface area contributed by atoms with E-state index in [0.717, 1.165) is 21.9 Å². The smallest absolute Gasteiger partial charge is 0.307 e. The molecular weight excluding hydrogens is 361 g/mol. The maximum absolute atomic E-state index is 13.7. The molecule has 0 aliphatic heterocycles. The third kappa shape index (κ3) is 4.18. The molecule has 2 N–H and O–H groups in total. The molecule has 0 atom stereocenters. The second-order valence-corrected chi connectivity index (χ2v) is 6.33. The summed E-state index contributed by atoms with van der Waals surface area (Å²) >= 11 is 1.44. The lowest BCUT2D eigenvalue weighted by atomic mass is 10.3. The summed E-state index contributed by atoms with van der Waals surface area (Å²) in [6.45, 7) is 0. The molecule has 0 spiro atoms. The zero-order valence-corrected chi connectivity index (χ0v) is 14.1. The number of hydrogen-bond donors (Lipinski definition) is 2. The summed E-state index contributed by atoms with van der Waals surface area (Å²) in [5, 5.41) is 4.76. The Balaban J connectivity index is 1.75. The van der Waals surface area contributed by atoms with Gasteiger partial charge in [-0.2, -0.15) is 0 Å². The van der Waals surface area contributed by atoms with Crippen LogP contribution in [0.15, 0.2) is 76.5 Å². The van der Waals surface area contributed by atoms with Crippen molar-refractivity contribution in [2.24, 2.45) is 0 Å². The van der Waals surface area contributed by atoms with Gasteiger partial charge in [0.15, 0.2) is 17.5 Å². The number of carbonyl (C=O) groups is 1. The van der Waals surface area contributed by atoms with Gasteiger partial charge in [-0.3, -0.25) is 0 Å². The minimum atomic E-state index is -1.64. The van der Waals surface area contributed by atoms with E-state index >= 15 is 0 Å². The molecule has 132 valence electrons. The molecule has 0 saturated carbocycles. The Labute approximate surface area is 152 Å². The first kappa shape index (κ1) is 17.9. The standard InChI is InChI=1S/C19H13F3N2OS/c20-13-10-11-15(18(22)17(13)21)24-19(25)23-14-8-4-5-9-16(14)26-12-6-2-1-3-7-12/h1-11H,(H2,23,24,25). The fraction of sp³-hybridized carbons (Fsp3) is 0. The van der Waals surface area contributed by atoms with E-state index < -0.39 is 29.2 Å². The molecule has 0 fully saturated rings. The topological polar surface area (TPSA) is 41.1 Å². The van der Waals surface area contributed by atoms with Crippen molar-refractivity contribution in [1.29, 1.82) is 0 Å². The molecule has 7 heteroatoms. The molecule has 0 aliphatic rings. The van der Waals surface area contributed by atoms with E-state index in [1.165, 1.54) is 11.8 Å². The van der Waals surface area contributed by atoms with E-state index in [0.29, 0.717) is 5.69 Å². The van der Waals surface area contributed by atoms with Crippen LogP contribution in [0.3, 0.4) is 0 Å². The lowest BCUT2D eigenvalue weighted by Gasteiger charge is -2.12. The number of halogens is 3. The Bertz CT molecular complexity index is 935. The predicted octanol–water partition coefficient (Wildman–Crippen LogP) is 5.90. The van der Waals surface area contributed by atoms with Crippen molar-refractivity contribution < 1.29 is 18.0 Å². The molecule has 0 heterocycles. The van der Waals surface area contributed by atoms with E-state index in [1.54, 1.807) is 12.1 Å². The van der Waals surface area contributed by atoms with Crippen LogP contribution < -0.4 is 10.6 Å². The number of amides is 2. The van der Waals surface area contributed by atoms with Gasteiger partial charge in [-0.1, -0.05) is 42.1 Å². The first-order chi connectivity index (χ1) is 12.5. The average molecular weight is 374 g/mol. The van der Waals surface area contributed by atoms with E-state index in [9.17, 15) is 18.0 Å². The summed E-state index contributed by atoms with van der Waals surface area (Å²) in [5.74, 6) is -4.41. The quantitative estimate of drug-likeness (QED) is 0.558. The fourth-order valence-electron chi connectivity index (χ4n) is 2.17. The zero-order valence-electron chi connectivity index (χ0n) is 13.3. The normalized spacial score (nSPS) is 10.4. The van der Waals surface area contributed by atoms with Gasteiger partial charge in [-0.05, 0) is 36.4 Å². The molecular formula is C19H13F3N2OS. The van der Waals surface area contributed by atoms with E-state index in [1.807, 2.05) is 42.5 Å². The third-order valence-electron chi connectivity index (χ3n) is 3.39. The van der Waals surface area contributed by atoms with E-state index in [2.05, 4.69) is 10.6 Å². The second-order valence-electron chi connectivity index (χ2n) is 5.21. The monoisotopic (exact) mass is 374 g/mol. The van der Waals surface area contributed by atoms with Crippen LogP contribution in [0.1, 0.15) is 0 Å². The molecule has 0 bridgehead atoms. The van der Waals surface area contributed by atoms with Gasteiger partial charge in [0.05, 0.1) is 11.4 Å². The van der Waals surface area contributed by atoms with Crippen molar-refractivity contribution in [3.8, 4) is 0 Å². The van der Waals surface area contributed by atoms with Crippen LogP contribution in [0.5, 0.6) is 0 Å². The summed E-state index contributed by atoms with van der Waals surface area (Å²) in [6.07, 6.45) is 0. The first-order valence-electron chi connectivity index (χ1n) is 7.58. The summed E-state index contributed by atoms with van der Waals surface area (Å²) in [7, 11) is 0. The van der Waals surface area contributed by atoms with Crippen LogP contribution in [0.4, 0.5) is 29.3 Å². The van der Waals surface area contributed by atoms with Crippen molar-refractivity contribution in [2.75, 3.05) is 10.6 Å². The molecule has 3 rings (SSSR count). The van der Waals surface area contributed by atoms with E-state index in [4.69, 9.17) is 0 Å². The SMILES string of the molecule is O=C(Nc1ccccc1Sc1ccccc1)Nc1ccc(F)c(F)c1F. The molecule has 0 saturated heterocycles. The lowest BCUT2D eigenvalue weighted by Crippen LogP contribution is -2.21. The average Bonchev–Trinajstić information content (AvgIpc) is 2.65. The van der Waals surface area contributed by atoms with Gasteiger partial charge in [-0.15, -0.1) is 0 Å². The van der Waals surface area contributed by atoms with Crippen molar-refractivity contribution >= 4 is 29.2 Å². The summed E-state index contributed by atoms with van der Waals surface area (Å²) in [6, 6.07) is 17.6. The number of carbonyl (C=O) groups excluding carboxylic acids is 1.